The van der Waals surface area contributed by atoms with Crippen LogP contribution in [0.25, 0.3) is 0 Å². The molecule has 1 atom stereocenters. The van der Waals surface area contributed by atoms with E-state index in [0.717, 1.165) is 16.8 Å². The second kappa shape index (κ2) is 8.64. The van der Waals surface area contributed by atoms with E-state index in [9.17, 15) is 18.6 Å². The summed E-state index contributed by atoms with van der Waals surface area (Å²) in [7, 11) is -0.878. The molecule has 10 heteroatoms. The third-order valence-corrected chi connectivity index (χ3v) is 6.37. The highest BCUT2D eigenvalue weighted by Gasteiger charge is 2.31. The normalized spacial score (nSPS) is 15.9. The van der Waals surface area contributed by atoms with E-state index in [2.05, 4.69) is 0 Å². The van der Waals surface area contributed by atoms with Crippen LogP contribution in [0, 0.1) is 0 Å². The number of phenolic OH excluding ortho intramolecular Hbond substituents is 2. The van der Waals surface area contributed by atoms with Gasteiger partial charge >= 0.3 is 0 Å². The van der Waals surface area contributed by atoms with Gasteiger partial charge < -0.3 is 19.7 Å². The van der Waals surface area contributed by atoms with Gasteiger partial charge in [0.1, 0.15) is 0 Å². The molecule has 1 heterocycles. The standard InChI is InChI=1S/C23H23N3O6S/c1-31-22-11-14(3-9-20(22)27)18-13-19(15-4-10-21(28)23(12-15)32-2)26(25-18)16-5-7-17(8-6-16)33(24,29)30/h3-12,19,27-28H,13H2,1-2H3,(H2,24,29,30). The van der Waals surface area contributed by atoms with E-state index in [0.29, 0.717) is 23.6 Å². The maximum Gasteiger partial charge on any atom is 0.238 e. The number of hydrogen-bond acceptors (Lipinski definition) is 8. The van der Waals surface area contributed by atoms with Gasteiger partial charge in [-0.2, -0.15) is 5.10 Å². The molecule has 33 heavy (non-hydrogen) atoms. The van der Waals surface area contributed by atoms with Crippen LogP contribution < -0.4 is 19.6 Å². The molecule has 0 spiro atoms. The second-order valence-electron chi connectivity index (χ2n) is 7.47. The number of methoxy groups -OCH3 is 2. The van der Waals surface area contributed by atoms with Crippen LogP contribution >= 0.6 is 0 Å². The van der Waals surface area contributed by atoms with Crippen LogP contribution in [0.1, 0.15) is 23.6 Å². The van der Waals surface area contributed by atoms with Gasteiger partial charge in [0.25, 0.3) is 0 Å². The summed E-state index contributed by atoms with van der Waals surface area (Å²) in [5.41, 5.74) is 3.00. The molecule has 1 unspecified atom stereocenters. The predicted molar refractivity (Wildman–Crippen MR) is 124 cm³/mol. The van der Waals surface area contributed by atoms with Crippen molar-refractivity contribution in [1.29, 1.82) is 0 Å². The highest BCUT2D eigenvalue weighted by atomic mass is 32.2. The molecule has 172 valence electrons. The molecule has 0 aliphatic carbocycles. The first kappa shape index (κ1) is 22.4. The molecular weight excluding hydrogens is 446 g/mol. The number of ether oxygens (including phenoxy) is 2. The smallest absolute Gasteiger partial charge is 0.238 e. The van der Waals surface area contributed by atoms with Crippen LogP contribution in [0.15, 0.2) is 70.7 Å². The Kier molecular flexibility index (Phi) is 5.88. The topological polar surface area (TPSA) is 135 Å². The van der Waals surface area contributed by atoms with Crippen molar-refractivity contribution in [2.45, 2.75) is 17.4 Å². The van der Waals surface area contributed by atoms with E-state index < -0.39 is 10.0 Å². The molecule has 1 aliphatic heterocycles. The second-order valence-corrected chi connectivity index (χ2v) is 9.03. The Morgan fingerprint density at radius 2 is 1.55 bits per heavy atom. The van der Waals surface area contributed by atoms with Gasteiger partial charge in [0.2, 0.25) is 10.0 Å². The Morgan fingerprint density at radius 1 is 0.939 bits per heavy atom. The maximum atomic E-state index is 11.6. The Hall–Kier alpha value is -3.76. The molecule has 3 aromatic carbocycles. The molecule has 0 fully saturated rings. The average molecular weight is 470 g/mol. The fourth-order valence-electron chi connectivity index (χ4n) is 3.73. The van der Waals surface area contributed by atoms with Gasteiger partial charge in [-0.15, -0.1) is 0 Å². The number of anilines is 1. The lowest BCUT2D eigenvalue weighted by Crippen LogP contribution is -2.19. The van der Waals surface area contributed by atoms with E-state index >= 15 is 0 Å². The van der Waals surface area contributed by atoms with Gasteiger partial charge in [0.15, 0.2) is 23.0 Å². The first-order valence-corrected chi connectivity index (χ1v) is 11.5. The van der Waals surface area contributed by atoms with Gasteiger partial charge in [0.05, 0.1) is 36.6 Å². The zero-order chi connectivity index (χ0) is 23.8. The molecule has 4 N–H and O–H groups in total. The molecule has 9 nitrogen and oxygen atoms in total. The lowest BCUT2D eigenvalue weighted by Gasteiger charge is -2.24. The molecule has 0 bridgehead atoms. The lowest BCUT2D eigenvalue weighted by atomic mass is 9.97. The van der Waals surface area contributed by atoms with Crippen LogP contribution in [-0.2, 0) is 10.0 Å². The molecule has 0 saturated heterocycles. The summed E-state index contributed by atoms with van der Waals surface area (Å²) in [5, 5.41) is 31.7. The highest BCUT2D eigenvalue weighted by Crippen LogP contribution is 2.40. The third kappa shape index (κ3) is 4.43. The molecule has 4 rings (SSSR count). The number of nitrogens with zero attached hydrogens (tertiary/aromatic N) is 2. The highest BCUT2D eigenvalue weighted by molar-refractivity contribution is 7.89. The van der Waals surface area contributed by atoms with Gasteiger partial charge in [-0.1, -0.05) is 6.07 Å². The largest absolute Gasteiger partial charge is 0.504 e. The fraction of sp³-hybridized carbons (Fsp3) is 0.174. The Labute approximate surface area is 191 Å². The van der Waals surface area contributed by atoms with E-state index in [-0.39, 0.29) is 22.4 Å². The molecule has 0 aromatic heterocycles. The number of rotatable bonds is 6. The molecule has 0 radical (unpaired) electrons. The minimum atomic E-state index is -3.82. The number of benzene rings is 3. The molecule has 3 aromatic rings. The van der Waals surface area contributed by atoms with E-state index in [4.69, 9.17) is 19.7 Å². The number of hydrogen-bond donors (Lipinski definition) is 3. The van der Waals surface area contributed by atoms with E-state index in [1.54, 1.807) is 53.5 Å². The van der Waals surface area contributed by atoms with Crippen molar-refractivity contribution in [2.24, 2.45) is 10.2 Å². The predicted octanol–water partition coefficient (Wildman–Crippen LogP) is 3.12. The van der Waals surface area contributed by atoms with Crippen LogP contribution in [0.5, 0.6) is 23.0 Å². The van der Waals surface area contributed by atoms with Gasteiger partial charge in [-0.3, -0.25) is 5.01 Å². The summed E-state index contributed by atoms with van der Waals surface area (Å²) in [6, 6.07) is 15.9. The quantitative estimate of drug-likeness (QED) is 0.505. The SMILES string of the molecule is COc1cc(C2=NN(c3ccc(S(N)(=O)=O)cc3)C(c3ccc(O)c(OC)c3)C2)ccc1O. The minimum Gasteiger partial charge on any atom is -0.504 e. The van der Waals surface area contributed by atoms with E-state index in [1.165, 1.54) is 26.4 Å². The van der Waals surface area contributed by atoms with Crippen LogP contribution in [0.3, 0.4) is 0 Å². The Morgan fingerprint density at radius 3 is 2.15 bits per heavy atom. The number of phenols is 2. The van der Waals surface area contributed by atoms with Gasteiger partial charge in [-0.25, -0.2) is 13.6 Å². The molecule has 1 aliphatic rings. The monoisotopic (exact) mass is 469 g/mol. The number of nitrogens with two attached hydrogens (primary N) is 1. The minimum absolute atomic E-state index is 0.000716. The number of primary sulfonamides is 1. The van der Waals surface area contributed by atoms with Crippen molar-refractivity contribution in [1.82, 2.24) is 0 Å². The number of aromatic hydroxyl groups is 2. The Balaban J connectivity index is 1.79. The summed E-state index contributed by atoms with van der Waals surface area (Å²) < 4.78 is 33.8. The summed E-state index contributed by atoms with van der Waals surface area (Å²) in [5.74, 6) is 0.702. The summed E-state index contributed by atoms with van der Waals surface area (Å²) >= 11 is 0. The van der Waals surface area contributed by atoms with Crippen molar-refractivity contribution in [2.75, 3.05) is 19.2 Å². The maximum absolute atomic E-state index is 11.6. The molecule has 0 amide bonds. The zero-order valence-corrected chi connectivity index (χ0v) is 18.8. The molecule has 0 saturated carbocycles. The fourth-order valence-corrected chi connectivity index (χ4v) is 4.25. The summed E-state index contributed by atoms with van der Waals surface area (Å²) in [4.78, 5) is 0.000716. The Bertz CT molecular complexity index is 1320. The van der Waals surface area contributed by atoms with Crippen LogP contribution in [-0.4, -0.2) is 38.6 Å². The van der Waals surface area contributed by atoms with Gasteiger partial charge in [-0.05, 0) is 60.2 Å². The van der Waals surface area contributed by atoms with Crippen LogP contribution in [0.2, 0.25) is 0 Å². The van der Waals surface area contributed by atoms with Crippen molar-refractivity contribution < 1.29 is 28.1 Å². The zero-order valence-electron chi connectivity index (χ0n) is 18.0. The average Bonchev–Trinajstić information content (AvgIpc) is 3.24. The van der Waals surface area contributed by atoms with Crippen LogP contribution in [0.4, 0.5) is 5.69 Å². The van der Waals surface area contributed by atoms with Crippen molar-refractivity contribution in [3.05, 3.63) is 71.8 Å². The van der Waals surface area contributed by atoms with Crippen molar-refractivity contribution >= 4 is 21.4 Å². The van der Waals surface area contributed by atoms with Gasteiger partial charge in [0, 0.05) is 12.0 Å². The van der Waals surface area contributed by atoms with Crippen molar-refractivity contribution in [3.63, 3.8) is 0 Å². The van der Waals surface area contributed by atoms with E-state index in [1.807, 2.05) is 0 Å². The number of hydrazone groups is 1. The summed E-state index contributed by atoms with van der Waals surface area (Å²) in [6.07, 6.45) is 0.499. The molecular formula is C23H23N3O6S. The lowest BCUT2D eigenvalue weighted by molar-refractivity contribution is 0.372. The third-order valence-electron chi connectivity index (χ3n) is 5.44. The van der Waals surface area contributed by atoms with Crippen molar-refractivity contribution in [3.8, 4) is 23.0 Å². The first-order chi connectivity index (χ1) is 15.7. The first-order valence-electron chi connectivity index (χ1n) is 9.95. The summed E-state index contributed by atoms with van der Waals surface area (Å²) in [6.45, 7) is 0. The number of sulfonamides is 1.